The van der Waals surface area contributed by atoms with E-state index < -0.39 is 0 Å². The molecule has 0 aromatic heterocycles. The second kappa shape index (κ2) is 6.02. The highest BCUT2D eigenvalue weighted by Gasteiger charge is 2.06. The second-order valence-corrected chi connectivity index (χ2v) is 4.82. The number of rotatable bonds is 4. The maximum absolute atomic E-state index is 11.6. The summed E-state index contributed by atoms with van der Waals surface area (Å²) in [7, 11) is 0. The van der Waals surface area contributed by atoms with Crippen molar-refractivity contribution in [2.45, 2.75) is 0 Å². The molecule has 0 saturated carbocycles. The van der Waals surface area contributed by atoms with Crippen molar-refractivity contribution in [1.82, 2.24) is 5.32 Å². The molecule has 1 rings (SSSR count). The van der Waals surface area contributed by atoms with Gasteiger partial charge in [0.1, 0.15) is 0 Å². The third kappa shape index (κ3) is 3.76. The van der Waals surface area contributed by atoms with Crippen LogP contribution in [0.15, 0.2) is 22.7 Å². The first-order chi connectivity index (χ1) is 7.15. The van der Waals surface area contributed by atoms with Crippen LogP contribution >= 0.6 is 27.7 Å². The summed E-state index contributed by atoms with van der Waals surface area (Å²) in [5.41, 5.74) is 6.85. The van der Waals surface area contributed by atoms with Crippen molar-refractivity contribution < 1.29 is 4.79 Å². The van der Waals surface area contributed by atoms with Crippen molar-refractivity contribution in [3.63, 3.8) is 0 Å². The minimum Gasteiger partial charge on any atom is -0.398 e. The summed E-state index contributed by atoms with van der Waals surface area (Å²) < 4.78 is 0.808. The van der Waals surface area contributed by atoms with Gasteiger partial charge in [0.25, 0.3) is 5.91 Å². The fourth-order valence-corrected chi connectivity index (χ4v) is 1.61. The lowest BCUT2D eigenvalue weighted by atomic mass is 10.2. The number of anilines is 1. The number of halogens is 1. The Morgan fingerprint density at radius 2 is 2.33 bits per heavy atom. The first-order valence-corrected chi connectivity index (χ1v) is 6.66. The van der Waals surface area contributed by atoms with Gasteiger partial charge in [-0.05, 0) is 40.4 Å². The largest absolute Gasteiger partial charge is 0.398 e. The molecule has 0 saturated heterocycles. The third-order valence-electron chi connectivity index (χ3n) is 1.85. The summed E-state index contributed by atoms with van der Waals surface area (Å²) in [5.74, 6) is 0.834. The van der Waals surface area contributed by atoms with Gasteiger partial charge < -0.3 is 11.1 Å². The molecule has 0 spiro atoms. The zero-order valence-corrected chi connectivity index (χ0v) is 10.8. The Morgan fingerprint density at radius 3 is 2.93 bits per heavy atom. The van der Waals surface area contributed by atoms with Gasteiger partial charge in [0.05, 0.1) is 0 Å². The zero-order valence-electron chi connectivity index (χ0n) is 8.42. The van der Waals surface area contributed by atoms with Gasteiger partial charge in [0.15, 0.2) is 0 Å². The van der Waals surface area contributed by atoms with Crippen molar-refractivity contribution in [3.8, 4) is 0 Å². The average molecular weight is 289 g/mol. The molecule has 0 aliphatic heterocycles. The van der Waals surface area contributed by atoms with E-state index in [1.54, 1.807) is 30.0 Å². The molecule has 1 amide bonds. The number of carbonyl (C=O) groups is 1. The van der Waals surface area contributed by atoms with E-state index in [1.165, 1.54) is 0 Å². The van der Waals surface area contributed by atoms with E-state index in [0.717, 1.165) is 10.2 Å². The molecular weight excluding hydrogens is 276 g/mol. The number of nitrogens with two attached hydrogens (primary N) is 1. The molecule has 82 valence electrons. The number of nitrogen functional groups attached to an aromatic ring is 1. The monoisotopic (exact) mass is 288 g/mol. The maximum Gasteiger partial charge on any atom is 0.251 e. The summed E-state index contributed by atoms with van der Waals surface area (Å²) in [6, 6.07) is 5.19. The molecule has 0 atom stereocenters. The van der Waals surface area contributed by atoms with E-state index in [-0.39, 0.29) is 5.91 Å². The standard InChI is InChI=1S/C10H13BrN2OS/c1-15-5-4-13-10(14)7-2-3-8(11)9(12)6-7/h2-3,6H,4-5,12H2,1H3,(H,13,14). The normalized spacial score (nSPS) is 10.0. The fourth-order valence-electron chi connectivity index (χ4n) is 1.05. The van der Waals surface area contributed by atoms with Crippen LogP contribution in [0.1, 0.15) is 10.4 Å². The van der Waals surface area contributed by atoms with E-state index >= 15 is 0 Å². The van der Waals surface area contributed by atoms with Gasteiger partial charge in [-0.15, -0.1) is 0 Å². The number of hydrogen-bond donors (Lipinski definition) is 2. The summed E-state index contributed by atoms with van der Waals surface area (Å²) in [6.45, 7) is 0.677. The molecule has 0 bridgehead atoms. The minimum absolute atomic E-state index is 0.0803. The molecule has 1 aromatic carbocycles. The van der Waals surface area contributed by atoms with Crippen LogP contribution in [0.2, 0.25) is 0 Å². The quantitative estimate of drug-likeness (QED) is 0.659. The molecular formula is C10H13BrN2OS. The van der Waals surface area contributed by atoms with Gasteiger partial charge in [-0.3, -0.25) is 4.79 Å². The lowest BCUT2D eigenvalue weighted by Gasteiger charge is -2.05. The summed E-state index contributed by atoms with van der Waals surface area (Å²) >= 11 is 4.98. The van der Waals surface area contributed by atoms with Crippen molar-refractivity contribution in [1.29, 1.82) is 0 Å². The molecule has 5 heteroatoms. The summed E-state index contributed by atoms with van der Waals surface area (Å²) in [5, 5.41) is 2.82. The van der Waals surface area contributed by atoms with E-state index in [9.17, 15) is 4.79 Å². The van der Waals surface area contributed by atoms with Crippen LogP contribution in [0.3, 0.4) is 0 Å². The van der Waals surface area contributed by atoms with E-state index in [1.807, 2.05) is 6.26 Å². The Bertz CT molecular complexity index is 357. The number of hydrogen-bond acceptors (Lipinski definition) is 3. The smallest absolute Gasteiger partial charge is 0.251 e. The zero-order chi connectivity index (χ0) is 11.3. The van der Waals surface area contributed by atoms with Crippen LogP contribution in [0, 0.1) is 0 Å². The van der Waals surface area contributed by atoms with Crippen LogP contribution in [0.5, 0.6) is 0 Å². The fraction of sp³-hybridized carbons (Fsp3) is 0.300. The van der Waals surface area contributed by atoms with Crippen molar-refractivity contribution in [3.05, 3.63) is 28.2 Å². The predicted molar refractivity (Wildman–Crippen MR) is 69.3 cm³/mol. The molecule has 3 N–H and O–H groups in total. The van der Waals surface area contributed by atoms with Crippen LogP contribution in [0.4, 0.5) is 5.69 Å². The lowest BCUT2D eigenvalue weighted by Crippen LogP contribution is -2.25. The Balaban J connectivity index is 2.62. The Morgan fingerprint density at radius 1 is 1.60 bits per heavy atom. The van der Waals surface area contributed by atoms with Gasteiger partial charge in [0, 0.05) is 28.0 Å². The number of nitrogens with one attached hydrogen (secondary N) is 1. The maximum atomic E-state index is 11.6. The van der Waals surface area contributed by atoms with Crippen molar-refractivity contribution in [2.24, 2.45) is 0 Å². The Kier molecular flexibility index (Phi) is 4.98. The van der Waals surface area contributed by atoms with E-state index in [0.29, 0.717) is 17.8 Å². The highest BCUT2D eigenvalue weighted by molar-refractivity contribution is 9.10. The van der Waals surface area contributed by atoms with Crippen LogP contribution in [0.25, 0.3) is 0 Å². The lowest BCUT2D eigenvalue weighted by molar-refractivity contribution is 0.0956. The predicted octanol–water partition coefficient (Wildman–Crippen LogP) is 2.12. The number of thioether (sulfide) groups is 1. The van der Waals surface area contributed by atoms with Crippen LogP contribution in [-0.2, 0) is 0 Å². The average Bonchev–Trinajstić information content (AvgIpc) is 2.22. The van der Waals surface area contributed by atoms with Gasteiger partial charge in [0.2, 0.25) is 0 Å². The minimum atomic E-state index is -0.0803. The number of benzene rings is 1. The highest BCUT2D eigenvalue weighted by atomic mass is 79.9. The molecule has 0 unspecified atom stereocenters. The van der Waals surface area contributed by atoms with Crippen LogP contribution < -0.4 is 11.1 Å². The Hall–Kier alpha value is -0.680. The van der Waals surface area contributed by atoms with Gasteiger partial charge >= 0.3 is 0 Å². The third-order valence-corrected chi connectivity index (χ3v) is 3.18. The van der Waals surface area contributed by atoms with Gasteiger partial charge in [-0.25, -0.2) is 0 Å². The van der Waals surface area contributed by atoms with Crippen molar-refractivity contribution >= 4 is 39.3 Å². The van der Waals surface area contributed by atoms with Crippen LogP contribution in [-0.4, -0.2) is 24.5 Å². The first-order valence-electron chi connectivity index (χ1n) is 4.47. The van der Waals surface area contributed by atoms with Gasteiger partial charge in [-0.1, -0.05) is 0 Å². The van der Waals surface area contributed by atoms with E-state index in [4.69, 9.17) is 5.73 Å². The second-order valence-electron chi connectivity index (χ2n) is 2.98. The SMILES string of the molecule is CSCCNC(=O)c1ccc(Br)c(N)c1. The molecule has 15 heavy (non-hydrogen) atoms. The molecule has 0 aliphatic carbocycles. The molecule has 3 nitrogen and oxygen atoms in total. The molecule has 0 fully saturated rings. The number of amides is 1. The Labute approximate surface area is 102 Å². The first kappa shape index (κ1) is 12.4. The molecule has 0 heterocycles. The van der Waals surface area contributed by atoms with E-state index in [2.05, 4.69) is 21.2 Å². The molecule has 1 aromatic rings. The topological polar surface area (TPSA) is 55.1 Å². The summed E-state index contributed by atoms with van der Waals surface area (Å²) in [4.78, 5) is 11.6. The highest BCUT2D eigenvalue weighted by Crippen LogP contribution is 2.19. The molecule has 0 aliphatic rings. The number of carbonyl (C=O) groups excluding carboxylic acids is 1. The summed E-state index contributed by atoms with van der Waals surface area (Å²) in [6.07, 6.45) is 2.00. The molecule has 0 radical (unpaired) electrons. The van der Waals surface area contributed by atoms with Crippen molar-refractivity contribution in [2.75, 3.05) is 24.3 Å². The van der Waals surface area contributed by atoms with Gasteiger partial charge in [-0.2, -0.15) is 11.8 Å².